The highest BCUT2D eigenvalue weighted by Gasteiger charge is 2.31. The second kappa shape index (κ2) is 7.72. The molecule has 2 N–H and O–H groups in total. The first-order valence-corrected chi connectivity index (χ1v) is 9.54. The Balaban J connectivity index is 1.99. The summed E-state index contributed by atoms with van der Waals surface area (Å²) in [6.45, 7) is 1.80. The summed E-state index contributed by atoms with van der Waals surface area (Å²) in [5.41, 5.74) is 7.48. The number of pyridine rings is 1. The Morgan fingerprint density at radius 1 is 1.18 bits per heavy atom. The zero-order chi connectivity index (χ0) is 20.5. The van der Waals surface area contributed by atoms with Gasteiger partial charge in [0.05, 0.1) is 11.9 Å². The van der Waals surface area contributed by atoms with E-state index in [0.29, 0.717) is 33.4 Å². The van der Waals surface area contributed by atoms with E-state index < -0.39 is 17.5 Å². The van der Waals surface area contributed by atoms with Gasteiger partial charge < -0.3 is 19.6 Å². The summed E-state index contributed by atoms with van der Waals surface area (Å²) in [6.07, 6.45) is -3.18. The number of nitrogen functional groups attached to an aromatic ring is 1. The molecule has 10 heteroatoms. The molecule has 2 heterocycles. The van der Waals surface area contributed by atoms with Gasteiger partial charge in [0.15, 0.2) is 16.4 Å². The van der Waals surface area contributed by atoms with Gasteiger partial charge in [0.1, 0.15) is 17.3 Å². The van der Waals surface area contributed by atoms with Crippen LogP contribution in [0.5, 0.6) is 5.75 Å². The van der Waals surface area contributed by atoms with E-state index in [9.17, 15) is 17.7 Å². The van der Waals surface area contributed by atoms with E-state index in [1.807, 2.05) is 0 Å². The van der Waals surface area contributed by atoms with E-state index in [4.69, 9.17) is 5.73 Å². The number of halogens is 3. The number of alkyl halides is 3. The van der Waals surface area contributed by atoms with Crippen LogP contribution in [0.4, 0.5) is 19.0 Å². The number of nitrogens with zero attached hydrogens (tertiary/aromatic N) is 3. The molecule has 2 aromatic heterocycles. The molecule has 1 aromatic carbocycles. The van der Waals surface area contributed by atoms with Crippen LogP contribution in [0.2, 0.25) is 0 Å². The molecule has 148 valence electrons. The van der Waals surface area contributed by atoms with Crippen LogP contribution >= 0.6 is 0 Å². The highest BCUT2D eigenvalue weighted by atomic mass is 32.2. The van der Waals surface area contributed by atoms with E-state index in [0.717, 1.165) is 0 Å². The standard InChI is InChI=1S/C18H17F3N4O2S/c1-3-28(26)14-8-9-15(22)24-16(14)17-23-10-13(25(17)2)11-4-6-12(7-5-11)27-18(19,20)21/h4-10H,3H2,1-2H3,(H2,22,24). The number of ether oxygens (including phenoxy) is 1. The molecule has 3 rings (SSSR count). The fourth-order valence-electron chi connectivity index (χ4n) is 2.69. The molecule has 1 unspecified atom stereocenters. The zero-order valence-corrected chi connectivity index (χ0v) is 15.8. The fraction of sp³-hybridized carbons (Fsp3) is 0.222. The van der Waals surface area contributed by atoms with Crippen molar-refractivity contribution in [2.75, 3.05) is 11.5 Å². The van der Waals surface area contributed by atoms with Gasteiger partial charge in [0.2, 0.25) is 0 Å². The van der Waals surface area contributed by atoms with Gasteiger partial charge in [-0.3, -0.25) is 0 Å². The van der Waals surface area contributed by atoms with Crippen LogP contribution in [0.3, 0.4) is 0 Å². The van der Waals surface area contributed by atoms with Crippen LogP contribution in [-0.2, 0) is 18.2 Å². The summed E-state index contributed by atoms with van der Waals surface area (Å²) >= 11 is -1.26. The third-order valence-electron chi connectivity index (χ3n) is 3.97. The van der Waals surface area contributed by atoms with Crippen molar-refractivity contribution in [2.24, 2.45) is 7.05 Å². The van der Waals surface area contributed by atoms with Crippen LogP contribution in [0, 0.1) is 0 Å². The number of anilines is 1. The van der Waals surface area contributed by atoms with Crippen LogP contribution in [0.1, 0.15) is 6.92 Å². The Hall–Kier alpha value is -2.72. The van der Waals surface area contributed by atoms with Crippen molar-refractivity contribution >= 4 is 17.0 Å². The van der Waals surface area contributed by atoms with E-state index in [2.05, 4.69) is 14.7 Å². The molecule has 0 spiro atoms. The Kier molecular flexibility index (Phi) is 5.52. The molecule has 1 atom stereocenters. The number of benzene rings is 1. The molecule has 0 saturated heterocycles. The first-order valence-electron chi connectivity index (χ1n) is 8.22. The summed E-state index contributed by atoms with van der Waals surface area (Å²) < 4.78 is 54.9. The quantitative estimate of drug-likeness (QED) is 0.647. The van der Waals surface area contributed by atoms with Gasteiger partial charge in [0.25, 0.3) is 0 Å². The first-order chi connectivity index (χ1) is 13.2. The normalized spacial score (nSPS) is 12.8. The smallest absolute Gasteiger partial charge is 0.573 e. The second-order valence-electron chi connectivity index (χ2n) is 5.82. The number of hydrogen-bond donors (Lipinski definition) is 1. The van der Waals surface area contributed by atoms with Crippen LogP contribution in [0.15, 0.2) is 47.5 Å². The van der Waals surface area contributed by atoms with Gasteiger partial charge >= 0.3 is 6.36 Å². The summed E-state index contributed by atoms with van der Waals surface area (Å²) in [5, 5.41) is 0. The van der Waals surface area contributed by atoms with Crippen molar-refractivity contribution in [2.45, 2.75) is 18.2 Å². The maximum atomic E-state index is 12.3. The van der Waals surface area contributed by atoms with E-state index in [1.54, 1.807) is 36.9 Å². The van der Waals surface area contributed by atoms with Gasteiger partial charge in [-0.2, -0.15) is 0 Å². The van der Waals surface area contributed by atoms with Crippen LogP contribution in [0.25, 0.3) is 22.8 Å². The molecular weight excluding hydrogens is 393 g/mol. The summed E-state index contributed by atoms with van der Waals surface area (Å²) in [4.78, 5) is 9.17. The van der Waals surface area contributed by atoms with Crippen molar-refractivity contribution in [3.63, 3.8) is 0 Å². The average Bonchev–Trinajstić information content (AvgIpc) is 3.01. The van der Waals surface area contributed by atoms with Gasteiger partial charge in [-0.05, 0) is 54.5 Å². The maximum absolute atomic E-state index is 12.3. The summed E-state index contributed by atoms with van der Waals surface area (Å²) in [5.74, 6) is 0.827. The minimum Gasteiger partial charge on any atom is -0.611 e. The molecule has 6 nitrogen and oxygen atoms in total. The minimum absolute atomic E-state index is 0.269. The predicted octanol–water partition coefficient (Wildman–Crippen LogP) is 3.76. The molecule has 0 bridgehead atoms. The molecule has 0 aliphatic rings. The van der Waals surface area contributed by atoms with Crippen molar-refractivity contribution in [1.82, 2.24) is 14.5 Å². The molecule has 0 aliphatic carbocycles. The largest absolute Gasteiger partial charge is 0.611 e. The van der Waals surface area contributed by atoms with Crippen molar-refractivity contribution in [1.29, 1.82) is 0 Å². The van der Waals surface area contributed by atoms with Gasteiger partial charge in [-0.15, -0.1) is 13.2 Å². The zero-order valence-electron chi connectivity index (χ0n) is 15.0. The lowest BCUT2D eigenvalue weighted by atomic mass is 10.1. The van der Waals surface area contributed by atoms with Crippen molar-refractivity contribution in [3.05, 3.63) is 42.6 Å². The molecule has 0 saturated carbocycles. The summed E-state index contributed by atoms with van der Waals surface area (Å²) in [6, 6.07) is 8.70. The van der Waals surface area contributed by atoms with Crippen molar-refractivity contribution in [3.8, 4) is 28.5 Å². The molecule has 0 amide bonds. The Morgan fingerprint density at radius 2 is 1.86 bits per heavy atom. The molecule has 0 radical (unpaired) electrons. The number of rotatable bonds is 5. The third-order valence-corrected chi connectivity index (χ3v) is 5.32. The summed E-state index contributed by atoms with van der Waals surface area (Å²) in [7, 11) is 1.74. The first kappa shape index (κ1) is 20.0. The Labute approximate surface area is 162 Å². The van der Waals surface area contributed by atoms with Crippen LogP contribution < -0.4 is 10.5 Å². The minimum atomic E-state index is -4.74. The van der Waals surface area contributed by atoms with Crippen molar-refractivity contribution < 1.29 is 22.5 Å². The van der Waals surface area contributed by atoms with E-state index in [-0.39, 0.29) is 11.6 Å². The highest BCUT2D eigenvalue weighted by Crippen LogP contribution is 2.31. The number of aromatic nitrogens is 3. The number of hydrogen-bond acceptors (Lipinski definition) is 5. The van der Waals surface area contributed by atoms with Gasteiger partial charge in [-0.25, -0.2) is 9.97 Å². The lowest BCUT2D eigenvalue weighted by Gasteiger charge is -2.13. The Bertz CT molecular complexity index is 974. The highest BCUT2D eigenvalue weighted by molar-refractivity contribution is 7.91. The third kappa shape index (κ3) is 4.23. The molecule has 0 fully saturated rings. The molecule has 0 aliphatic heterocycles. The molecular formula is C18H17F3N4O2S. The molecule has 3 aromatic rings. The Morgan fingerprint density at radius 3 is 2.46 bits per heavy atom. The molecule has 28 heavy (non-hydrogen) atoms. The number of imidazole rings is 1. The van der Waals surface area contributed by atoms with E-state index >= 15 is 0 Å². The SMILES string of the molecule is CC[S+]([O-])c1ccc(N)nc1-c1ncc(-c2ccc(OC(F)(F)F)cc2)n1C. The lowest BCUT2D eigenvalue weighted by Crippen LogP contribution is -2.16. The van der Waals surface area contributed by atoms with E-state index in [1.165, 1.54) is 24.3 Å². The fourth-order valence-corrected chi connectivity index (χ4v) is 3.57. The maximum Gasteiger partial charge on any atom is 0.573 e. The number of nitrogens with two attached hydrogens (primary N) is 1. The monoisotopic (exact) mass is 410 g/mol. The second-order valence-corrected chi connectivity index (χ2v) is 7.52. The predicted molar refractivity (Wildman–Crippen MR) is 99.9 cm³/mol. The van der Waals surface area contributed by atoms with Gasteiger partial charge in [-0.1, -0.05) is 0 Å². The average molecular weight is 410 g/mol. The van der Waals surface area contributed by atoms with Gasteiger partial charge in [0, 0.05) is 12.6 Å². The topological polar surface area (TPSA) is 89.0 Å². The lowest BCUT2D eigenvalue weighted by molar-refractivity contribution is -0.274. The van der Waals surface area contributed by atoms with Crippen LogP contribution in [-0.4, -0.2) is 31.2 Å².